The molecule has 6 heteroatoms. The first-order valence-electron chi connectivity index (χ1n) is 8.93. The number of hydrogen-bond donors (Lipinski definition) is 1. The summed E-state index contributed by atoms with van der Waals surface area (Å²) in [5.74, 6) is -0.582. The molecule has 1 N–H and O–H groups in total. The number of anilines is 1. The van der Waals surface area contributed by atoms with Crippen molar-refractivity contribution in [3.05, 3.63) is 59.7 Å². The topological polar surface area (TPSA) is 88.4 Å². The number of hydrogen-bond acceptors (Lipinski definition) is 5. The van der Waals surface area contributed by atoms with Gasteiger partial charge in [0, 0.05) is 5.69 Å². The van der Waals surface area contributed by atoms with Gasteiger partial charge in [-0.25, -0.2) is 4.79 Å². The average Bonchev–Trinajstić information content (AvgIpc) is 2.66. The molecule has 0 aliphatic carbocycles. The fourth-order valence-electron chi connectivity index (χ4n) is 2.39. The van der Waals surface area contributed by atoms with Crippen molar-refractivity contribution in [2.45, 2.75) is 39.2 Å². The van der Waals surface area contributed by atoms with E-state index in [2.05, 4.69) is 26.1 Å². The Morgan fingerprint density at radius 1 is 1.14 bits per heavy atom. The smallest absolute Gasteiger partial charge is 0.344 e. The van der Waals surface area contributed by atoms with Crippen LogP contribution in [-0.4, -0.2) is 24.6 Å². The van der Waals surface area contributed by atoms with Crippen molar-refractivity contribution >= 4 is 17.6 Å². The number of rotatable bonds is 6. The molecule has 1 atom stereocenters. The van der Waals surface area contributed by atoms with Crippen molar-refractivity contribution in [3.8, 4) is 11.8 Å². The highest BCUT2D eigenvalue weighted by Crippen LogP contribution is 2.24. The van der Waals surface area contributed by atoms with Gasteiger partial charge in [-0.1, -0.05) is 39.0 Å². The molecule has 2 rings (SSSR count). The second kappa shape index (κ2) is 9.05. The average molecular weight is 380 g/mol. The maximum absolute atomic E-state index is 12.1. The molecular formula is C22H24N2O4. The fraction of sp³-hybridized carbons (Fsp3) is 0.318. The van der Waals surface area contributed by atoms with Gasteiger partial charge < -0.3 is 14.8 Å². The largest absolute Gasteiger partial charge is 0.482 e. The predicted molar refractivity (Wildman–Crippen MR) is 106 cm³/mol. The number of esters is 1. The van der Waals surface area contributed by atoms with Gasteiger partial charge >= 0.3 is 5.97 Å². The highest BCUT2D eigenvalue weighted by atomic mass is 16.6. The Morgan fingerprint density at radius 2 is 1.82 bits per heavy atom. The first kappa shape index (κ1) is 21.0. The van der Waals surface area contributed by atoms with Gasteiger partial charge in [0.25, 0.3) is 5.91 Å². The van der Waals surface area contributed by atoms with E-state index in [1.54, 1.807) is 30.3 Å². The van der Waals surface area contributed by atoms with Gasteiger partial charge in [0.2, 0.25) is 0 Å². The maximum Gasteiger partial charge on any atom is 0.344 e. The normalized spacial score (nSPS) is 11.8. The van der Waals surface area contributed by atoms with Crippen molar-refractivity contribution in [1.82, 2.24) is 0 Å². The van der Waals surface area contributed by atoms with Gasteiger partial charge in [-0.15, -0.1) is 0 Å². The zero-order valence-corrected chi connectivity index (χ0v) is 16.5. The third-order valence-electron chi connectivity index (χ3n) is 4.01. The number of carbonyl (C=O) groups excluding carboxylic acids is 2. The maximum atomic E-state index is 12.1. The van der Waals surface area contributed by atoms with Crippen LogP contribution in [0.2, 0.25) is 0 Å². The van der Waals surface area contributed by atoms with Gasteiger partial charge in [-0.2, -0.15) is 5.26 Å². The first-order valence-corrected chi connectivity index (χ1v) is 8.93. The summed E-state index contributed by atoms with van der Waals surface area (Å²) in [6, 6.07) is 16.0. The molecule has 2 aromatic rings. The molecular weight excluding hydrogens is 356 g/mol. The number of nitrogens with one attached hydrogen (secondary N) is 1. The lowest BCUT2D eigenvalue weighted by molar-refractivity contribution is -0.155. The van der Waals surface area contributed by atoms with Gasteiger partial charge in [-0.05, 0) is 48.2 Å². The molecule has 0 aliphatic heterocycles. The van der Waals surface area contributed by atoms with E-state index >= 15 is 0 Å². The summed E-state index contributed by atoms with van der Waals surface area (Å²) in [4.78, 5) is 24.1. The molecule has 0 fully saturated rings. The Kier molecular flexibility index (Phi) is 6.78. The predicted octanol–water partition coefficient (Wildman–Crippen LogP) is 3.80. The lowest BCUT2D eigenvalue weighted by atomic mass is 9.87. The Balaban J connectivity index is 1.83. The molecule has 0 aliphatic rings. The van der Waals surface area contributed by atoms with Crippen LogP contribution < -0.4 is 10.1 Å². The van der Waals surface area contributed by atoms with Gasteiger partial charge in [0.15, 0.2) is 12.7 Å². The zero-order chi connectivity index (χ0) is 20.7. The van der Waals surface area contributed by atoms with Crippen LogP contribution in [0, 0.1) is 11.3 Å². The van der Waals surface area contributed by atoms with Crippen LogP contribution in [0.15, 0.2) is 48.5 Å². The minimum absolute atomic E-state index is 0.0347. The lowest BCUT2D eigenvalue weighted by Crippen LogP contribution is -2.31. The molecule has 1 amide bonds. The molecule has 0 heterocycles. The number of nitriles is 1. The third kappa shape index (κ3) is 6.13. The van der Waals surface area contributed by atoms with E-state index in [-0.39, 0.29) is 12.0 Å². The molecule has 0 spiro atoms. The zero-order valence-electron chi connectivity index (χ0n) is 16.5. The Hall–Kier alpha value is -3.33. The minimum Gasteiger partial charge on any atom is -0.482 e. The van der Waals surface area contributed by atoms with Crippen molar-refractivity contribution in [2.24, 2.45) is 0 Å². The monoisotopic (exact) mass is 380 g/mol. The van der Waals surface area contributed by atoms with Gasteiger partial charge in [-0.3, -0.25) is 4.79 Å². The minimum atomic E-state index is -0.995. The quantitative estimate of drug-likeness (QED) is 0.770. The number of ether oxygens (including phenoxy) is 2. The summed E-state index contributed by atoms with van der Waals surface area (Å²) in [5, 5.41) is 11.5. The van der Waals surface area contributed by atoms with Crippen molar-refractivity contribution in [3.63, 3.8) is 0 Å². The van der Waals surface area contributed by atoms with E-state index in [1.807, 2.05) is 18.2 Å². The summed E-state index contributed by atoms with van der Waals surface area (Å²) in [7, 11) is 0. The molecule has 146 valence electrons. The summed E-state index contributed by atoms with van der Waals surface area (Å²) < 4.78 is 10.5. The van der Waals surface area contributed by atoms with E-state index in [0.29, 0.717) is 17.0 Å². The van der Waals surface area contributed by atoms with Crippen LogP contribution in [0.1, 0.15) is 38.8 Å². The Morgan fingerprint density at radius 3 is 2.43 bits per heavy atom. The summed E-state index contributed by atoms with van der Waals surface area (Å²) in [6.45, 7) is 7.52. The molecule has 0 bridgehead atoms. The van der Waals surface area contributed by atoms with Gasteiger partial charge in [0.05, 0.1) is 11.6 Å². The number of benzene rings is 2. The van der Waals surface area contributed by atoms with Crippen LogP contribution in [0.4, 0.5) is 5.69 Å². The molecule has 6 nitrogen and oxygen atoms in total. The van der Waals surface area contributed by atoms with Crippen LogP contribution >= 0.6 is 0 Å². The molecule has 0 saturated carbocycles. The number of carbonyl (C=O) groups is 2. The van der Waals surface area contributed by atoms with E-state index in [9.17, 15) is 9.59 Å². The van der Waals surface area contributed by atoms with E-state index in [1.165, 1.54) is 13.0 Å². The van der Waals surface area contributed by atoms with Crippen molar-refractivity contribution < 1.29 is 19.1 Å². The summed E-state index contributed by atoms with van der Waals surface area (Å²) in [5.41, 5.74) is 2.08. The number of amides is 1. The lowest BCUT2D eigenvalue weighted by Gasteiger charge is -2.19. The highest BCUT2D eigenvalue weighted by molar-refractivity contribution is 5.95. The van der Waals surface area contributed by atoms with Crippen molar-refractivity contribution in [2.75, 3.05) is 11.9 Å². The van der Waals surface area contributed by atoms with E-state index in [0.717, 1.165) is 5.56 Å². The van der Waals surface area contributed by atoms with Crippen LogP contribution in [0.3, 0.4) is 0 Å². The molecule has 0 unspecified atom stereocenters. The molecule has 0 aromatic heterocycles. The summed E-state index contributed by atoms with van der Waals surface area (Å²) in [6.07, 6.45) is -0.995. The highest BCUT2D eigenvalue weighted by Gasteiger charge is 2.19. The Bertz CT molecular complexity index is 877. The van der Waals surface area contributed by atoms with Crippen LogP contribution in [-0.2, 0) is 19.7 Å². The molecule has 2 aromatic carbocycles. The standard InChI is InChI=1S/C22H24N2O4/c1-15(21(26)24-18-7-5-6-16(12-18)13-23)28-20(25)14-27-19-10-8-17(9-11-19)22(2,3)4/h5-12,15H,14H2,1-4H3,(H,24,26)/t15-/m0/s1. The van der Waals surface area contributed by atoms with Crippen LogP contribution in [0.5, 0.6) is 5.75 Å². The Labute approximate surface area is 165 Å². The van der Waals surface area contributed by atoms with Gasteiger partial charge in [0.1, 0.15) is 5.75 Å². The van der Waals surface area contributed by atoms with Crippen LogP contribution in [0.25, 0.3) is 0 Å². The first-order chi connectivity index (χ1) is 13.2. The fourth-order valence-corrected chi connectivity index (χ4v) is 2.39. The summed E-state index contributed by atoms with van der Waals surface area (Å²) >= 11 is 0. The van der Waals surface area contributed by atoms with E-state index < -0.39 is 18.0 Å². The molecule has 0 saturated heterocycles. The SMILES string of the molecule is C[C@H](OC(=O)COc1ccc(C(C)(C)C)cc1)C(=O)Nc1cccc(C#N)c1. The van der Waals surface area contributed by atoms with Crippen molar-refractivity contribution in [1.29, 1.82) is 5.26 Å². The second-order valence-electron chi connectivity index (χ2n) is 7.38. The van der Waals surface area contributed by atoms with E-state index in [4.69, 9.17) is 14.7 Å². The number of nitrogens with zero attached hydrogens (tertiary/aromatic N) is 1. The molecule has 0 radical (unpaired) electrons. The third-order valence-corrected chi connectivity index (χ3v) is 4.01. The molecule has 28 heavy (non-hydrogen) atoms. The second-order valence-corrected chi connectivity index (χ2v) is 7.38.